The lowest BCUT2D eigenvalue weighted by Gasteiger charge is -2.10. The lowest BCUT2D eigenvalue weighted by molar-refractivity contribution is -0.123. The first-order valence-electron chi connectivity index (χ1n) is 6.97. The van der Waals surface area contributed by atoms with E-state index >= 15 is 0 Å². The molecule has 4 heteroatoms. The molecule has 0 spiro atoms. The normalized spacial score (nSPS) is 22.6. The lowest BCUT2D eigenvalue weighted by Crippen LogP contribution is -2.28. The van der Waals surface area contributed by atoms with Gasteiger partial charge in [-0.15, -0.1) is 0 Å². The molecule has 1 fully saturated rings. The van der Waals surface area contributed by atoms with Crippen molar-refractivity contribution in [3.05, 3.63) is 30.0 Å². The minimum atomic E-state index is -0.132. The molecule has 1 aromatic heterocycles. The van der Waals surface area contributed by atoms with E-state index in [1.807, 2.05) is 31.2 Å². The Hall–Kier alpha value is -1.97. The van der Waals surface area contributed by atoms with Gasteiger partial charge in [0.15, 0.2) is 11.3 Å². The Morgan fingerprint density at radius 2 is 2.25 bits per heavy atom. The van der Waals surface area contributed by atoms with E-state index < -0.39 is 0 Å². The zero-order chi connectivity index (χ0) is 14.3. The van der Waals surface area contributed by atoms with Crippen LogP contribution in [0.5, 0.6) is 5.75 Å². The lowest BCUT2D eigenvalue weighted by atomic mass is 10.2. The summed E-state index contributed by atoms with van der Waals surface area (Å²) in [7, 11) is 1.62. The fourth-order valence-corrected chi connectivity index (χ4v) is 2.51. The molecule has 1 aromatic carbocycles. The van der Waals surface area contributed by atoms with Gasteiger partial charge in [-0.1, -0.05) is 19.1 Å². The predicted octanol–water partition coefficient (Wildman–Crippen LogP) is 3.27. The van der Waals surface area contributed by atoms with Crippen molar-refractivity contribution in [2.75, 3.05) is 7.11 Å². The molecular weight excluding hydrogens is 254 g/mol. The molecule has 4 nitrogen and oxygen atoms in total. The van der Waals surface area contributed by atoms with Crippen LogP contribution in [-0.2, 0) is 4.79 Å². The number of amides is 1. The number of rotatable bonds is 4. The Labute approximate surface area is 118 Å². The molecule has 2 aromatic rings. The van der Waals surface area contributed by atoms with Crippen LogP contribution in [0.4, 0.5) is 0 Å². The first-order chi connectivity index (χ1) is 9.60. The van der Waals surface area contributed by atoms with E-state index in [1.54, 1.807) is 7.11 Å². The summed E-state index contributed by atoms with van der Waals surface area (Å²) in [5.74, 6) is 2.28. The highest BCUT2D eigenvalue weighted by Gasteiger charge is 2.39. The third-order valence-corrected chi connectivity index (χ3v) is 3.98. The SMILES string of the molecule is COc1cccc2cc([C@H](C)NC(=O)[C@@H]3C[C@H]3C)oc12. The molecule has 1 heterocycles. The van der Waals surface area contributed by atoms with Crippen molar-refractivity contribution >= 4 is 16.9 Å². The second kappa shape index (κ2) is 4.85. The van der Waals surface area contributed by atoms with Crippen molar-refractivity contribution in [2.24, 2.45) is 11.8 Å². The van der Waals surface area contributed by atoms with E-state index in [0.717, 1.165) is 23.2 Å². The first kappa shape index (κ1) is 13.0. The number of methoxy groups -OCH3 is 1. The summed E-state index contributed by atoms with van der Waals surface area (Å²) in [5.41, 5.74) is 0.728. The molecule has 20 heavy (non-hydrogen) atoms. The van der Waals surface area contributed by atoms with Gasteiger partial charge < -0.3 is 14.5 Å². The van der Waals surface area contributed by atoms with Gasteiger partial charge in [0, 0.05) is 11.3 Å². The minimum Gasteiger partial charge on any atom is -0.493 e. The van der Waals surface area contributed by atoms with Gasteiger partial charge in [0.2, 0.25) is 5.91 Å². The van der Waals surface area contributed by atoms with Crippen LogP contribution in [0.25, 0.3) is 11.0 Å². The Morgan fingerprint density at radius 3 is 2.90 bits per heavy atom. The Bertz CT molecular complexity index is 646. The average molecular weight is 273 g/mol. The quantitative estimate of drug-likeness (QED) is 0.930. The number of nitrogens with one attached hydrogen (secondary N) is 1. The van der Waals surface area contributed by atoms with Crippen molar-refractivity contribution in [2.45, 2.75) is 26.3 Å². The van der Waals surface area contributed by atoms with Gasteiger partial charge in [-0.25, -0.2) is 0 Å². The highest BCUT2D eigenvalue weighted by molar-refractivity contribution is 5.84. The zero-order valence-electron chi connectivity index (χ0n) is 12.0. The molecule has 3 atom stereocenters. The summed E-state index contributed by atoms with van der Waals surface area (Å²) in [6.07, 6.45) is 0.993. The molecule has 1 amide bonds. The van der Waals surface area contributed by atoms with Crippen molar-refractivity contribution in [3.8, 4) is 5.75 Å². The summed E-state index contributed by atoms with van der Waals surface area (Å²) in [4.78, 5) is 12.0. The molecule has 1 aliphatic rings. The van der Waals surface area contributed by atoms with Crippen LogP contribution in [0.1, 0.15) is 32.1 Å². The number of ether oxygens (including phenoxy) is 1. The van der Waals surface area contributed by atoms with E-state index in [-0.39, 0.29) is 17.9 Å². The molecular formula is C16H19NO3. The second-order valence-electron chi connectivity index (χ2n) is 5.58. The number of furan rings is 1. The van der Waals surface area contributed by atoms with Gasteiger partial charge in [0.05, 0.1) is 13.2 Å². The smallest absolute Gasteiger partial charge is 0.223 e. The maximum absolute atomic E-state index is 12.0. The van der Waals surface area contributed by atoms with Crippen LogP contribution in [0.3, 0.4) is 0 Å². The number of carbonyl (C=O) groups excluding carboxylic acids is 1. The minimum absolute atomic E-state index is 0.123. The standard InChI is InChI=1S/C16H19NO3/c1-9-7-12(9)16(18)17-10(2)14-8-11-5-4-6-13(19-3)15(11)20-14/h4-6,8-10,12H,7H2,1-3H3,(H,17,18)/t9-,10+,12-/m1/s1. The molecule has 0 unspecified atom stereocenters. The van der Waals surface area contributed by atoms with E-state index in [9.17, 15) is 4.79 Å². The third kappa shape index (κ3) is 2.26. The molecule has 1 saturated carbocycles. The summed E-state index contributed by atoms with van der Waals surface area (Å²) in [6.45, 7) is 4.04. The zero-order valence-corrected chi connectivity index (χ0v) is 12.0. The summed E-state index contributed by atoms with van der Waals surface area (Å²) in [5, 5.41) is 4.00. The van der Waals surface area contributed by atoms with E-state index in [4.69, 9.17) is 9.15 Å². The van der Waals surface area contributed by atoms with Gasteiger partial charge in [-0.05, 0) is 31.4 Å². The van der Waals surface area contributed by atoms with Crippen LogP contribution in [0, 0.1) is 11.8 Å². The number of fused-ring (bicyclic) bond motifs is 1. The van der Waals surface area contributed by atoms with Crippen LogP contribution in [-0.4, -0.2) is 13.0 Å². The molecule has 1 N–H and O–H groups in total. The molecule has 0 bridgehead atoms. The molecule has 0 aliphatic heterocycles. The monoisotopic (exact) mass is 273 g/mol. The Morgan fingerprint density at radius 1 is 1.50 bits per heavy atom. The van der Waals surface area contributed by atoms with Crippen molar-refractivity contribution in [1.82, 2.24) is 5.32 Å². The van der Waals surface area contributed by atoms with Gasteiger partial charge in [0.1, 0.15) is 5.76 Å². The van der Waals surface area contributed by atoms with Gasteiger partial charge in [0.25, 0.3) is 0 Å². The van der Waals surface area contributed by atoms with Crippen LogP contribution in [0.15, 0.2) is 28.7 Å². The summed E-state index contributed by atoms with van der Waals surface area (Å²) < 4.78 is 11.1. The second-order valence-corrected chi connectivity index (χ2v) is 5.58. The highest BCUT2D eigenvalue weighted by atomic mass is 16.5. The molecule has 0 radical (unpaired) electrons. The number of benzene rings is 1. The number of carbonyl (C=O) groups is 1. The van der Waals surface area contributed by atoms with E-state index in [2.05, 4.69) is 12.2 Å². The molecule has 3 rings (SSSR count). The fourth-order valence-electron chi connectivity index (χ4n) is 2.51. The molecule has 1 aliphatic carbocycles. The third-order valence-electron chi connectivity index (χ3n) is 3.98. The molecule has 0 saturated heterocycles. The van der Waals surface area contributed by atoms with Crippen LogP contribution in [0.2, 0.25) is 0 Å². The van der Waals surface area contributed by atoms with Crippen LogP contribution >= 0.6 is 0 Å². The average Bonchev–Trinajstić information content (AvgIpc) is 3.01. The van der Waals surface area contributed by atoms with Gasteiger partial charge in [-0.3, -0.25) is 4.79 Å². The van der Waals surface area contributed by atoms with Gasteiger partial charge in [-0.2, -0.15) is 0 Å². The largest absolute Gasteiger partial charge is 0.493 e. The maximum atomic E-state index is 12.0. The fraction of sp³-hybridized carbons (Fsp3) is 0.438. The van der Waals surface area contributed by atoms with E-state index in [1.165, 1.54) is 0 Å². The van der Waals surface area contributed by atoms with E-state index in [0.29, 0.717) is 11.7 Å². The number of para-hydroxylation sites is 1. The van der Waals surface area contributed by atoms with Gasteiger partial charge >= 0.3 is 0 Å². The maximum Gasteiger partial charge on any atom is 0.223 e. The summed E-state index contributed by atoms with van der Waals surface area (Å²) >= 11 is 0. The van der Waals surface area contributed by atoms with Crippen molar-refractivity contribution in [3.63, 3.8) is 0 Å². The highest BCUT2D eigenvalue weighted by Crippen LogP contribution is 2.38. The summed E-state index contributed by atoms with van der Waals surface area (Å²) in [6, 6.07) is 7.59. The number of hydrogen-bond acceptors (Lipinski definition) is 3. The van der Waals surface area contributed by atoms with Crippen molar-refractivity contribution in [1.29, 1.82) is 0 Å². The first-order valence-corrected chi connectivity index (χ1v) is 6.97. The Kier molecular flexibility index (Phi) is 3.16. The van der Waals surface area contributed by atoms with Crippen LogP contribution < -0.4 is 10.1 Å². The molecule has 106 valence electrons. The Balaban J connectivity index is 1.81. The van der Waals surface area contributed by atoms with Crippen molar-refractivity contribution < 1.29 is 13.9 Å². The topological polar surface area (TPSA) is 51.5 Å². The predicted molar refractivity (Wildman–Crippen MR) is 76.6 cm³/mol. The number of hydrogen-bond donors (Lipinski definition) is 1.